The van der Waals surface area contributed by atoms with Crippen LogP contribution >= 0.6 is 0 Å². The van der Waals surface area contributed by atoms with E-state index in [0.717, 1.165) is 76.5 Å². The fourth-order valence-corrected chi connectivity index (χ4v) is 6.13. The Balaban J connectivity index is 0.00000107. The number of carbonyl (C=O) groups is 1. The lowest BCUT2D eigenvalue weighted by Crippen LogP contribution is -2.44. The van der Waals surface area contributed by atoms with Crippen molar-refractivity contribution >= 4 is 22.5 Å². The topological polar surface area (TPSA) is 55.3 Å². The van der Waals surface area contributed by atoms with Gasteiger partial charge in [0.25, 0.3) is 0 Å². The normalized spacial score (nSPS) is 15.3. The van der Waals surface area contributed by atoms with Crippen molar-refractivity contribution in [2.24, 2.45) is 11.8 Å². The van der Waals surface area contributed by atoms with Crippen molar-refractivity contribution in [2.75, 3.05) is 12.0 Å². The van der Waals surface area contributed by atoms with Gasteiger partial charge in [-0.1, -0.05) is 107 Å². The second kappa shape index (κ2) is 24.4. The van der Waals surface area contributed by atoms with Gasteiger partial charge in [0.15, 0.2) is 0 Å². The number of aromatic nitrogens is 2. The van der Waals surface area contributed by atoms with Gasteiger partial charge in [0.1, 0.15) is 0 Å². The lowest BCUT2D eigenvalue weighted by atomic mass is 9.88. The smallest absolute Gasteiger partial charge is 0.224 e. The third-order valence-corrected chi connectivity index (χ3v) is 8.41. The van der Waals surface area contributed by atoms with Crippen molar-refractivity contribution in [3.05, 3.63) is 54.0 Å². The minimum absolute atomic E-state index is 0.0646. The Morgan fingerprint density at radius 2 is 1.50 bits per heavy atom. The third kappa shape index (κ3) is 13.1. The van der Waals surface area contributed by atoms with Crippen LogP contribution in [0.5, 0.6) is 0 Å². The highest BCUT2D eigenvalue weighted by Gasteiger charge is 2.31. The first-order valence-corrected chi connectivity index (χ1v) is 18.3. The monoisotopic (exact) mass is 636 g/mol. The molecule has 4 rings (SSSR count). The number of amides is 1. The standard InChI is InChI=1S/C25H29N3O2.C10H22.3C2H6/c1-16-14-27-24-11-10-19(20-9-8-17(2)26-15-20)12-23(24)25(16)28(18(3)29)21-6-5-7-22(13-21)30-4;1-5-7-10(8-6-2)9(3)4;3*1-2/h8-12,14-15,21-22H,5-7,13H2,1-4H3;9-10H,5-8H2,1-4H3;3*1-2H3. The number of fused-ring (bicyclic) bond motifs is 1. The first-order valence-electron chi connectivity index (χ1n) is 18.3. The summed E-state index contributed by atoms with van der Waals surface area (Å²) in [4.78, 5) is 23.9. The first-order chi connectivity index (χ1) is 22.2. The minimum atomic E-state index is 0.0646. The number of carbonyl (C=O) groups excluding carboxylic acids is 1. The van der Waals surface area contributed by atoms with Crippen molar-refractivity contribution in [3.8, 4) is 11.1 Å². The van der Waals surface area contributed by atoms with Crippen LogP contribution in [0.15, 0.2) is 42.7 Å². The molecule has 46 heavy (non-hydrogen) atoms. The summed E-state index contributed by atoms with van der Waals surface area (Å²) >= 11 is 0. The summed E-state index contributed by atoms with van der Waals surface area (Å²) in [5.74, 6) is 1.93. The van der Waals surface area contributed by atoms with E-state index in [9.17, 15) is 4.79 Å². The minimum Gasteiger partial charge on any atom is -0.381 e. The van der Waals surface area contributed by atoms with Gasteiger partial charge in [0.2, 0.25) is 5.91 Å². The van der Waals surface area contributed by atoms with E-state index in [4.69, 9.17) is 4.74 Å². The van der Waals surface area contributed by atoms with E-state index < -0.39 is 0 Å². The quantitative estimate of drug-likeness (QED) is 0.235. The van der Waals surface area contributed by atoms with Gasteiger partial charge in [0, 0.05) is 49.1 Å². The van der Waals surface area contributed by atoms with Crippen LogP contribution in [0.3, 0.4) is 0 Å². The number of anilines is 1. The molecule has 1 fully saturated rings. The van der Waals surface area contributed by atoms with Gasteiger partial charge in [-0.3, -0.25) is 14.8 Å². The van der Waals surface area contributed by atoms with Gasteiger partial charge >= 0.3 is 0 Å². The molecule has 5 heteroatoms. The number of hydrogen-bond acceptors (Lipinski definition) is 4. The van der Waals surface area contributed by atoms with Crippen molar-refractivity contribution in [1.29, 1.82) is 0 Å². The van der Waals surface area contributed by atoms with Gasteiger partial charge < -0.3 is 9.64 Å². The molecule has 1 aliphatic carbocycles. The Kier molecular flexibility index (Phi) is 22.9. The number of methoxy groups -OCH3 is 1. The lowest BCUT2D eigenvalue weighted by Gasteiger charge is -2.37. The summed E-state index contributed by atoms with van der Waals surface area (Å²) in [5, 5.41) is 1.00. The zero-order valence-electron chi connectivity index (χ0n) is 32.2. The summed E-state index contributed by atoms with van der Waals surface area (Å²) in [7, 11) is 1.76. The number of benzene rings is 1. The lowest BCUT2D eigenvalue weighted by molar-refractivity contribution is -0.117. The van der Waals surface area contributed by atoms with Gasteiger partial charge in [-0.2, -0.15) is 0 Å². The Morgan fingerprint density at radius 1 is 0.891 bits per heavy atom. The maximum absolute atomic E-state index is 12.9. The predicted molar refractivity (Wildman–Crippen MR) is 203 cm³/mol. The van der Waals surface area contributed by atoms with Crippen molar-refractivity contribution in [3.63, 3.8) is 0 Å². The number of hydrogen-bond donors (Lipinski definition) is 0. The molecule has 0 spiro atoms. The number of nitrogens with zero attached hydrogens (tertiary/aromatic N) is 3. The summed E-state index contributed by atoms with van der Waals surface area (Å²) in [6, 6.07) is 10.5. The Hall–Kier alpha value is -2.79. The Morgan fingerprint density at radius 3 is 2.00 bits per heavy atom. The number of ether oxygens (including phenoxy) is 1. The van der Waals surface area contributed by atoms with Crippen molar-refractivity contribution in [1.82, 2.24) is 9.97 Å². The Bertz CT molecular complexity index is 1220. The molecule has 2 aromatic heterocycles. The van der Waals surface area contributed by atoms with Crippen LogP contribution in [0.1, 0.15) is 139 Å². The van der Waals surface area contributed by atoms with Crippen LogP contribution < -0.4 is 4.90 Å². The molecule has 0 N–H and O–H groups in total. The van der Waals surface area contributed by atoms with E-state index >= 15 is 0 Å². The number of pyridine rings is 2. The highest BCUT2D eigenvalue weighted by Crippen LogP contribution is 2.37. The molecule has 1 saturated carbocycles. The van der Waals surface area contributed by atoms with E-state index in [0.29, 0.717) is 0 Å². The van der Waals surface area contributed by atoms with Crippen LogP contribution in [-0.2, 0) is 9.53 Å². The molecule has 5 nitrogen and oxygen atoms in total. The second-order valence-corrected chi connectivity index (χ2v) is 11.9. The van der Waals surface area contributed by atoms with Crippen LogP contribution in [0.2, 0.25) is 0 Å². The molecule has 260 valence electrons. The molecule has 3 aromatic rings. The van der Waals surface area contributed by atoms with E-state index in [1.165, 1.54) is 25.7 Å². The van der Waals surface area contributed by atoms with E-state index in [2.05, 4.69) is 55.9 Å². The first kappa shape index (κ1) is 43.2. The summed E-state index contributed by atoms with van der Waals surface area (Å²) in [6.07, 6.45) is 13.5. The highest BCUT2D eigenvalue weighted by atomic mass is 16.5. The average molecular weight is 636 g/mol. The van der Waals surface area contributed by atoms with Gasteiger partial charge in [-0.25, -0.2) is 0 Å². The average Bonchev–Trinajstić information content (AvgIpc) is 3.09. The predicted octanol–water partition coefficient (Wildman–Crippen LogP) is 12.2. The van der Waals surface area contributed by atoms with E-state index in [-0.39, 0.29) is 18.1 Å². The van der Waals surface area contributed by atoms with E-state index in [1.807, 2.05) is 84.8 Å². The van der Waals surface area contributed by atoms with E-state index in [1.54, 1.807) is 14.0 Å². The second-order valence-electron chi connectivity index (χ2n) is 11.9. The Labute approximate surface area is 284 Å². The van der Waals surface area contributed by atoms with Crippen LogP contribution in [-0.4, -0.2) is 35.1 Å². The maximum atomic E-state index is 12.9. The molecule has 0 aliphatic heterocycles. The van der Waals surface area contributed by atoms with Crippen molar-refractivity contribution in [2.45, 2.75) is 154 Å². The van der Waals surface area contributed by atoms with Gasteiger partial charge in [0.05, 0.1) is 17.3 Å². The molecule has 0 radical (unpaired) electrons. The number of aryl methyl sites for hydroxylation is 2. The van der Waals surface area contributed by atoms with Crippen molar-refractivity contribution < 1.29 is 9.53 Å². The molecule has 1 aromatic carbocycles. The number of rotatable bonds is 9. The molecular weight excluding hydrogens is 566 g/mol. The highest BCUT2D eigenvalue weighted by molar-refractivity contribution is 6.04. The SMILES string of the molecule is CC.CC.CC.CCCC(CCC)C(C)C.COC1CCCC(N(C(C)=O)c2c(C)cnc3ccc(-c4ccc(C)nc4)cc23)C1. The molecule has 1 amide bonds. The van der Waals surface area contributed by atoms with Crippen LogP contribution in [0, 0.1) is 25.7 Å². The third-order valence-electron chi connectivity index (χ3n) is 8.41. The molecular formula is C41H69N3O2. The molecule has 2 unspecified atom stereocenters. The summed E-state index contributed by atoms with van der Waals surface area (Å²) < 4.78 is 5.63. The molecule has 2 heterocycles. The van der Waals surface area contributed by atoms with Crippen LogP contribution in [0.25, 0.3) is 22.0 Å². The zero-order chi connectivity index (χ0) is 35.2. The molecule has 0 saturated heterocycles. The fraction of sp³-hybridized carbons (Fsp3) is 0.634. The molecule has 1 aliphatic rings. The summed E-state index contributed by atoms with van der Waals surface area (Å²) in [5.41, 5.74) is 6.00. The van der Waals surface area contributed by atoms with Gasteiger partial charge in [-0.05, 0) is 80.7 Å². The zero-order valence-corrected chi connectivity index (χ0v) is 32.2. The largest absolute Gasteiger partial charge is 0.381 e. The molecule has 0 bridgehead atoms. The fourth-order valence-electron chi connectivity index (χ4n) is 6.13. The van der Waals surface area contributed by atoms with Crippen LogP contribution in [0.4, 0.5) is 5.69 Å². The summed E-state index contributed by atoms with van der Waals surface area (Å²) in [6.45, 7) is 26.9. The maximum Gasteiger partial charge on any atom is 0.224 e. The van der Waals surface area contributed by atoms with Gasteiger partial charge in [-0.15, -0.1) is 0 Å². The molecule has 2 atom stereocenters.